The quantitative estimate of drug-likeness (QED) is 0.716. The summed E-state index contributed by atoms with van der Waals surface area (Å²) >= 11 is 1.14. The lowest BCUT2D eigenvalue weighted by molar-refractivity contribution is -0.129. The molecular formula is C16H19F3N4S. The molecule has 3 rings (SSSR count). The number of hydrogen-bond donors (Lipinski definition) is 0. The van der Waals surface area contributed by atoms with Gasteiger partial charge in [-0.25, -0.2) is 0 Å². The van der Waals surface area contributed by atoms with Gasteiger partial charge in [-0.1, -0.05) is 31.0 Å². The van der Waals surface area contributed by atoms with E-state index in [1.165, 1.54) is 6.42 Å². The topological polar surface area (TPSA) is 43.6 Å². The summed E-state index contributed by atoms with van der Waals surface area (Å²) in [4.78, 5) is 4.01. The summed E-state index contributed by atoms with van der Waals surface area (Å²) in [5.41, 5.74) is 0.894. The predicted molar refractivity (Wildman–Crippen MR) is 86.8 cm³/mol. The maximum Gasteiger partial charge on any atom is 0.389 e. The highest BCUT2D eigenvalue weighted by Gasteiger charge is 2.28. The monoisotopic (exact) mass is 356 g/mol. The summed E-state index contributed by atoms with van der Waals surface area (Å²) in [6.45, 7) is 0. The van der Waals surface area contributed by atoms with Crippen LogP contribution in [0.15, 0.2) is 29.7 Å². The molecule has 0 spiro atoms. The summed E-state index contributed by atoms with van der Waals surface area (Å²) in [5.74, 6) is 0.684. The normalized spacial score (nSPS) is 16.5. The number of nitrogens with zero attached hydrogens (tertiary/aromatic N) is 4. The molecule has 1 saturated carbocycles. The second-order valence-electron chi connectivity index (χ2n) is 5.92. The van der Waals surface area contributed by atoms with Gasteiger partial charge < -0.3 is 0 Å². The lowest BCUT2D eigenvalue weighted by Gasteiger charge is -2.25. The van der Waals surface area contributed by atoms with Crippen molar-refractivity contribution in [1.29, 1.82) is 0 Å². The molecule has 130 valence electrons. The minimum absolute atomic E-state index is 0.0370. The zero-order valence-corrected chi connectivity index (χ0v) is 14.0. The minimum atomic E-state index is -4.14. The summed E-state index contributed by atoms with van der Waals surface area (Å²) < 4.78 is 39.3. The smallest absolute Gasteiger partial charge is 0.299 e. The van der Waals surface area contributed by atoms with Crippen molar-refractivity contribution in [2.24, 2.45) is 0 Å². The molecule has 1 fully saturated rings. The van der Waals surface area contributed by atoms with Crippen molar-refractivity contribution < 1.29 is 13.2 Å². The summed E-state index contributed by atoms with van der Waals surface area (Å²) in [6.07, 6.45) is 3.91. The number of alkyl halides is 3. The van der Waals surface area contributed by atoms with Gasteiger partial charge in [-0.3, -0.25) is 9.55 Å². The van der Waals surface area contributed by atoms with E-state index in [0.717, 1.165) is 48.8 Å². The van der Waals surface area contributed by atoms with Crippen LogP contribution in [0.25, 0.3) is 11.4 Å². The highest BCUT2D eigenvalue weighted by Crippen LogP contribution is 2.36. The number of pyridine rings is 1. The average Bonchev–Trinajstić information content (AvgIpc) is 2.99. The number of aromatic nitrogens is 4. The Hall–Kier alpha value is -1.57. The Bertz CT molecular complexity index is 651. The van der Waals surface area contributed by atoms with Gasteiger partial charge in [-0.15, -0.1) is 10.2 Å². The van der Waals surface area contributed by atoms with Crippen LogP contribution in [0.4, 0.5) is 13.2 Å². The lowest BCUT2D eigenvalue weighted by Crippen LogP contribution is -2.15. The van der Waals surface area contributed by atoms with Gasteiger partial charge in [0.2, 0.25) is 0 Å². The van der Waals surface area contributed by atoms with Crippen molar-refractivity contribution in [2.45, 2.75) is 55.9 Å². The third-order valence-electron chi connectivity index (χ3n) is 4.16. The fourth-order valence-electron chi connectivity index (χ4n) is 3.00. The van der Waals surface area contributed by atoms with E-state index < -0.39 is 12.6 Å². The molecule has 0 aromatic carbocycles. The molecule has 0 aliphatic heterocycles. The zero-order valence-electron chi connectivity index (χ0n) is 13.2. The number of thioether (sulfide) groups is 1. The minimum Gasteiger partial charge on any atom is -0.299 e. The van der Waals surface area contributed by atoms with Gasteiger partial charge in [0.05, 0.1) is 6.42 Å². The lowest BCUT2D eigenvalue weighted by atomic mass is 9.95. The third-order valence-corrected chi connectivity index (χ3v) is 5.10. The van der Waals surface area contributed by atoms with Crippen LogP contribution >= 0.6 is 11.8 Å². The van der Waals surface area contributed by atoms with Crippen LogP contribution < -0.4 is 0 Å². The second-order valence-corrected chi connectivity index (χ2v) is 6.98. The van der Waals surface area contributed by atoms with Crippen molar-refractivity contribution in [2.75, 3.05) is 5.75 Å². The molecule has 0 radical (unpaired) electrons. The van der Waals surface area contributed by atoms with Gasteiger partial charge in [0.15, 0.2) is 11.0 Å². The Morgan fingerprint density at radius 2 is 1.79 bits per heavy atom. The van der Waals surface area contributed by atoms with E-state index in [-0.39, 0.29) is 11.8 Å². The molecule has 4 nitrogen and oxygen atoms in total. The van der Waals surface area contributed by atoms with Gasteiger partial charge >= 0.3 is 6.18 Å². The summed E-state index contributed by atoms with van der Waals surface area (Å²) in [5, 5.41) is 9.02. The van der Waals surface area contributed by atoms with Crippen molar-refractivity contribution in [3.05, 3.63) is 24.5 Å². The van der Waals surface area contributed by atoms with Crippen LogP contribution in [0.1, 0.15) is 44.6 Å². The fraction of sp³-hybridized carbons (Fsp3) is 0.562. The first-order chi connectivity index (χ1) is 11.5. The van der Waals surface area contributed by atoms with Crippen molar-refractivity contribution in [1.82, 2.24) is 19.7 Å². The molecular weight excluding hydrogens is 337 g/mol. The highest BCUT2D eigenvalue weighted by atomic mass is 32.2. The SMILES string of the molecule is FC(F)(F)CCSc1nnc(-c2ccncc2)n1C1CCCCC1. The molecule has 0 unspecified atom stereocenters. The molecule has 2 aromatic heterocycles. The van der Waals surface area contributed by atoms with Crippen LogP contribution in [0.5, 0.6) is 0 Å². The summed E-state index contributed by atoms with van der Waals surface area (Å²) in [7, 11) is 0. The van der Waals surface area contributed by atoms with Crippen LogP contribution in [-0.4, -0.2) is 31.7 Å². The molecule has 1 aliphatic carbocycles. The van der Waals surface area contributed by atoms with Crippen molar-refractivity contribution in [3.63, 3.8) is 0 Å². The van der Waals surface area contributed by atoms with Gasteiger partial charge in [-0.05, 0) is 25.0 Å². The molecule has 2 aromatic rings. The largest absolute Gasteiger partial charge is 0.389 e. The number of rotatable bonds is 5. The van der Waals surface area contributed by atoms with E-state index in [2.05, 4.69) is 15.2 Å². The van der Waals surface area contributed by atoms with Gasteiger partial charge in [0.1, 0.15) is 0 Å². The van der Waals surface area contributed by atoms with Crippen LogP contribution in [0.2, 0.25) is 0 Å². The standard InChI is InChI=1S/C16H19F3N4S/c17-16(18,19)8-11-24-15-22-21-14(12-6-9-20-10-7-12)23(15)13-4-2-1-3-5-13/h6-7,9-10,13H,1-5,8,11H2. The van der Waals surface area contributed by atoms with Gasteiger partial charge in [-0.2, -0.15) is 13.2 Å². The molecule has 0 N–H and O–H groups in total. The van der Waals surface area contributed by atoms with E-state index in [9.17, 15) is 13.2 Å². The first-order valence-electron chi connectivity index (χ1n) is 8.09. The van der Waals surface area contributed by atoms with Crippen LogP contribution in [-0.2, 0) is 0 Å². The Kier molecular flexibility index (Phi) is 5.43. The van der Waals surface area contributed by atoms with Crippen LogP contribution in [0, 0.1) is 0 Å². The molecule has 8 heteroatoms. The molecule has 24 heavy (non-hydrogen) atoms. The van der Waals surface area contributed by atoms with E-state index in [1.54, 1.807) is 12.4 Å². The first kappa shape index (κ1) is 17.3. The molecule has 0 atom stereocenters. The molecule has 1 aliphatic rings. The Balaban J connectivity index is 1.86. The third kappa shape index (κ3) is 4.28. The first-order valence-corrected chi connectivity index (χ1v) is 9.08. The Morgan fingerprint density at radius 3 is 2.46 bits per heavy atom. The predicted octanol–water partition coefficient (Wildman–Crippen LogP) is 4.89. The van der Waals surface area contributed by atoms with E-state index in [0.29, 0.717) is 5.16 Å². The maximum atomic E-state index is 12.4. The highest BCUT2D eigenvalue weighted by molar-refractivity contribution is 7.99. The van der Waals surface area contributed by atoms with E-state index >= 15 is 0 Å². The molecule has 2 heterocycles. The second kappa shape index (κ2) is 7.55. The number of hydrogen-bond acceptors (Lipinski definition) is 4. The Morgan fingerprint density at radius 1 is 1.08 bits per heavy atom. The maximum absolute atomic E-state index is 12.4. The fourth-order valence-corrected chi connectivity index (χ4v) is 3.99. The van der Waals surface area contributed by atoms with E-state index in [1.807, 2.05) is 16.7 Å². The van der Waals surface area contributed by atoms with E-state index in [4.69, 9.17) is 0 Å². The van der Waals surface area contributed by atoms with Gasteiger partial charge in [0, 0.05) is 29.8 Å². The number of halogens is 3. The molecule has 0 amide bonds. The van der Waals surface area contributed by atoms with Gasteiger partial charge in [0.25, 0.3) is 0 Å². The molecule has 0 saturated heterocycles. The Labute approximate surface area is 142 Å². The average molecular weight is 356 g/mol. The van der Waals surface area contributed by atoms with Crippen LogP contribution in [0.3, 0.4) is 0 Å². The zero-order chi connectivity index (χ0) is 17.0. The van der Waals surface area contributed by atoms with Crippen molar-refractivity contribution in [3.8, 4) is 11.4 Å². The van der Waals surface area contributed by atoms with Crippen molar-refractivity contribution >= 4 is 11.8 Å². The molecule has 0 bridgehead atoms. The summed E-state index contributed by atoms with van der Waals surface area (Å²) in [6, 6.07) is 3.96.